The van der Waals surface area contributed by atoms with Crippen molar-refractivity contribution in [1.29, 1.82) is 0 Å². The standard InChI is InChI=1S/C28H24O2/c1-19-10-4-6-13-24(19)27(30-28(29)25-14-7-5-11-20(25)2)18-22-17-16-21(3)23-12-8-9-15-26(22)23/h4-18H,1-3H3. The lowest BCUT2D eigenvalue weighted by Gasteiger charge is -2.14. The van der Waals surface area contributed by atoms with Gasteiger partial charge in [-0.2, -0.15) is 0 Å². The van der Waals surface area contributed by atoms with Gasteiger partial charge in [-0.15, -0.1) is 0 Å². The molecule has 0 radical (unpaired) electrons. The zero-order valence-corrected chi connectivity index (χ0v) is 17.5. The van der Waals surface area contributed by atoms with Gasteiger partial charge >= 0.3 is 5.97 Å². The maximum absolute atomic E-state index is 13.0. The Morgan fingerprint density at radius 2 is 1.20 bits per heavy atom. The van der Waals surface area contributed by atoms with Crippen LogP contribution in [0.2, 0.25) is 0 Å². The first-order valence-corrected chi connectivity index (χ1v) is 10.1. The molecule has 0 unspecified atom stereocenters. The van der Waals surface area contributed by atoms with Gasteiger partial charge in [0.25, 0.3) is 0 Å². The third kappa shape index (κ3) is 3.90. The van der Waals surface area contributed by atoms with Crippen molar-refractivity contribution in [2.45, 2.75) is 20.8 Å². The lowest BCUT2D eigenvalue weighted by Crippen LogP contribution is -2.07. The Hall–Kier alpha value is -3.65. The Morgan fingerprint density at radius 1 is 0.633 bits per heavy atom. The highest BCUT2D eigenvalue weighted by Crippen LogP contribution is 2.29. The van der Waals surface area contributed by atoms with E-state index in [0.717, 1.165) is 27.6 Å². The highest BCUT2D eigenvalue weighted by molar-refractivity contribution is 6.00. The van der Waals surface area contributed by atoms with Crippen LogP contribution in [0, 0.1) is 20.8 Å². The summed E-state index contributed by atoms with van der Waals surface area (Å²) in [7, 11) is 0. The molecule has 0 aliphatic carbocycles. The lowest BCUT2D eigenvalue weighted by molar-refractivity contribution is 0.0693. The zero-order valence-electron chi connectivity index (χ0n) is 17.5. The smallest absolute Gasteiger partial charge is 0.343 e. The van der Waals surface area contributed by atoms with E-state index in [1.54, 1.807) is 6.07 Å². The van der Waals surface area contributed by atoms with Gasteiger partial charge in [0.15, 0.2) is 0 Å². The van der Waals surface area contributed by atoms with Crippen molar-refractivity contribution in [3.63, 3.8) is 0 Å². The Morgan fingerprint density at radius 3 is 1.87 bits per heavy atom. The van der Waals surface area contributed by atoms with E-state index < -0.39 is 0 Å². The number of rotatable bonds is 4. The molecule has 0 heterocycles. The number of carbonyl (C=O) groups excluding carboxylic acids is 1. The Labute approximate surface area is 177 Å². The molecular weight excluding hydrogens is 368 g/mol. The van der Waals surface area contributed by atoms with Crippen molar-refractivity contribution in [3.05, 3.63) is 118 Å². The highest BCUT2D eigenvalue weighted by atomic mass is 16.5. The molecule has 0 spiro atoms. The van der Waals surface area contributed by atoms with Crippen LogP contribution < -0.4 is 0 Å². The maximum atomic E-state index is 13.0. The minimum absolute atomic E-state index is 0.348. The number of esters is 1. The second-order valence-electron chi connectivity index (χ2n) is 7.55. The van der Waals surface area contributed by atoms with Gasteiger partial charge in [0, 0.05) is 5.56 Å². The van der Waals surface area contributed by atoms with Gasteiger partial charge in [0.2, 0.25) is 0 Å². The van der Waals surface area contributed by atoms with Crippen LogP contribution in [-0.2, 0) is 4.74 Å². The van der Waals surface area contributed by atoms with Gasteiger partial charge in [0.05, 0.1) is 5.56 Å². The SMILES string of the molecule is Cc1ccccc1C(=O)OC(=Cc1ccc(C)c2ccccc12)c1ccccc1C. The summed E-state index contributed by atoms with van der Waals surface area (Å²) in [6.07, 6.45) is 1.97. The van der Waals surface area contributed by atoms with Gasteiger partial charge in [-0.25, -0.2) is 4.79 Å². The molecule has 0 bridgehead atoms. The van der Waals surface area contributed by atoms with E-state index in [9.17, 15) is 4.79 Å². The molecule has 30 heavy (non-hydrogen) atoms. The molecule has 2 nitrogen and oxygen atoms in total. The molecule has 0 aliphatic heterocycles. The molecule has 0 amide bonds. The van der Waals surface area contributed by atoms with E-state index in [1.165, 1.54) is 10.9 Å². The average Bonchev–Trinajstić information content (AvgIpc) is 2.76. The molecule has 4 aromatic rings. The van der Waals surface area contributed by atoms with Crippen LogP contribution in [0.4, 0.5) is 0 Å². The monoisotopic (exact) mass is 392 g/mol. The quantitative estimate of drug-likeness (QED) is 0.210. The molecular formula is C28H24O2. The number of ether oxygens (including phenoxy) is 1. The number of aryl methyl sites for hydroxylation is 3. The number of carbonyl (C=O) groups is 1. The topological polar surface area (TPSA) is 26.3 Å². The van der Waals surface area contributed by atoms with Crippen molar-refractivity contribution in [2.75, 3.05) is 0 Å². The molecule has 4 aromatic carbocycles. The molecule has 0 fully saturated rings. The van der Waals surface area contributed by atoms with Crippen LogP contribution in [0.15, 0.2) is 84.9 Å². The minimum Gasteiger partial charge on any atom is -0.422 e. The van der Waals surface area contributed by atoms with E-state index in [1.807, 2.05) is 74.5 Å². The van der Waals surface area contributed by atoms with Gasteiger partial charge in [-0.1, -0.05) is 78.9 Å². The molecule has 0 aliphatic rings. The number of benzene rings is 4. The third-order valence-corrected chi connectivity index (χ3v) is 5.44. The molecule has 4 rings (SSSR count). The van der Waals surface area contributed by atoms with Crippen LogP contribution in [0.25, 0.3) is 22.6 Å². The van der Waals surface area contributed by atoms with Crippen LogP contribution in [-0.4, -0.2) is 5.97 Å². The molecule has 0 saturated heterocycles. The first-order chi connectivity index (χ1) is 14.5. The number of fused-ring (bicyclic) bond motifs is 1. The third-order valence-electron chi connectivity index (χ3n) is 5.44. The number of hydrogen-bond acceptors (Lipinski definition) is 2. The fourth-order valence-corrected chi connectivity index (χ4v) is 3.71. The summed E-state index contributed by atoms with van der Waals surface area (Å²) in [4.78, 5) is 13.0. The van der Waals surface area contributed by atoms with E-state index in [-0.39, 0.29) is 5.97 Å². The molecule has 2 heteroatoms. The fourth-order valence-electron chi connectivity index (χ4n) is 3.71. The minimum atomic E-state index is -0.348. The van der Waals surface area contributed by atoms with Gasteiger partial charge < -0.3 is 4.74 Å². The summed E-state index contributed by atoms with van der Waals surface area (Å²) >= 11 is 0. The van der Waals surface area contributed by atoms with E-state index in [0.29, 0.717) is 11.3 Å². The first kappa shape index (κ1) is 19.7. The summed E-state index contributed by atoms with van der Waals surface area (Å²) in [5, 5.41) is 2.33. The average molecular weight is 392 g/mol. The Balaban J connectivity index is 1.85. The van der Waals surface area contributed by atoms with Crippen molar-refractivity contribution in [2.24, 2.45) is 0 Å². The van der Waals surface area contributed by atoms with Crippen molar-refractivity contribution < 1.29 is 9.53 Å². The highest BCUT2D eigenvalue weighted by Gasteiger charge is 2.16. The predicted octanol–water partition coefficient (Wildman–Crippen LogP) is 7.12. The van der Waals surface area contributed by atoms with E-state index in [2.05, 4.69) is 31.2 Å². The van der Waals surface area contributed by atoms with Crippen LogP contribution in [0.5, 0.6) is 0 Å². The van der Waals surface area contributed by atoms with Gasteiger partial charge in [-0.3, -0.25) is 0 Å². The van der Waals surface area contributed by atoms with Crippen LogP contribution in [0.1, 0.15) is 38.2 Å². The van der Waals surface area contributed by atoms with Gasteiger partial charge in [-0.05, 0) is 65.9 Å². The zero-order chi connectivity index (χ0) is 21.1. The Kier molecular flexibility index (Phi) is 5.49. The second-order valence-corrected chi connectivity index (χ2v) is 7.55. The summed E-state index contributed by atoms with van der Waals surface area (Å²) in [6, 6.07) is 27.9. The van der Waals surface area contributed by atoms with Crippen LogP contribution in [0.3, 0.4) is 0 Å². The molecule has 0 aromatic heterocycles. The van der Waals surface area contributed by atoms with E-state index >= 15 is 0 Å². The summed E-state index contributed by atoms with van der Waals surface area (Å²) in [5.74, 6) is 0.203. The fraction of sp³-hybridized carbons (Fsp3) is 0.107. The maximum Gasteiger partial charge on any atom is 0.343 e. The van der Waals surface area contributed by atoms with E-state index in [4.69, 9.17) is 4.74 Å². The molecule has 0 saturated carbocycles. The first-order valence-electron chi connectivity index (χ1n) is 10.1. The summed E-state index contributed by atoms with van der Waals surface area (Å²) in [6.45, 7) is 6.05. The molecule has 0 N–H and O–H groups in total. The normalized spacial score (nSPS) is 11.5. The predicted molar refractivity (Wildman–Crippen MR) is 124 cm³/mol. The van der Waals surface area contributed by atoms with Crippen molar-refractivity contribution >= 4 is 28.6 Å². The number of hydrogen-bond donors (Lipinski definition) is 0. The lowest BCUT2D eigenvalue weighted by atomic mass is 9.98. The second kappa shape index (κ2) is 8.38. The van der Waals surface area contributed by atoms with Crippen molar-refractivity contribution in [3.8, 4) is 0 Å². The molecule has 148 valence electrons. The van der Waals surface area contributed by atoms with Gasteiger partial charge in [0.1, 0.15) is 5.76 Å². The summed E-state index contributed by atoms with van der Waals surface area (Å²) in [5.41, 5.74) is 5.67. The summed E-state index contributed by atoms with van der Waals surface area (Å²) < 4.78 is 5.99. The van der Waals surface area contributed by atoms with Crippen molar-refractivity contribution in [1.82, 2.24) is 0 Å². The van der Waals surface area contributed by atoms with Crippen LogP contribution >= 0.6 is 0 Å². The largest absolute Gasteiger partial charge is 0.422 e. The Bertz CT molecular complexity index is 1260. The molecule has 0 atom stereocenters.